The second-order valence-corrected chi connectivity index (χ2v) is 5.43. The van der Waals surface area contributed by atoms with Gasteiger partial charge in [-0.15, -0.1) is 5.73 Å². The van der Waals surface area contributed by atoms with E-state index in [2.05, 4.69) is 12.3 Å². The molecule has 0 saturated heterocycles. The predicted molar refractivity (Wildman–Crippen MR) is 73.5 cm³/mol. The van der Waals surface area contributed by atoms with Gasteiger partial charge >= 0.3 is 5.97 Å². The van der Waals surface area contributed by atoms with Gasteiger partial charge in [0.25, 0.3) is 0 Å². The number of halogens is 1. The molecule has 1 atom stereocenters. The number of benzene rings is 1. The van der Waals surface area contributed by atoms with Crippen molar-refractivity contribution < 1.29 is 9.53 Å². The summed E-state index contributed by atoms with van der Waals surface area (Å²) in [4.78, 5) is 11.9. The van der Waals surface area contributed by atoms with Crippen LogP contribution in [0.5, 0.6) is 0 Å². The third-order valence-corrected chi connectivity index (χ3v) is 2.57. The van der Waals surface area contributed by atoms with Gasteiger partial charge in [-0.3, -0.25) is 4.79 Å². The van der Waals surface area contributed by atoms with Gasteiger partial charge in [-0.25, -0.2) is 0 Å². The summed E-state index contributed by atoms with van der Waals surface area (Å²) in [5.41, 5.74) is 2.95. The van der Waals surface area contributed by atoms with Crippen molar-refractivity contribution in [3.63, 3.8) is 0 Å². The van der Waals surface area contributed by atoms with Gasteiger partial charge in [0, 0.05) is 11.1 Å². The SMILES string of the molecule is C=C=CC(OC(=O)C(C)(C)C)c1ccc(Cl)cc1. The summed E-state index contributed by atoms with van der Waals surface area (Å²) in [6, 6.07) is 7.14. The molecule has 1 unspecified atom stereocenters. The van der Waals surface area contributed by atoms with Crippen molar-refractivity contribution >= 4 is 17.6 Å². The maximum absolute atomic E-state index is 11.9. The topological polar surface area (TPSA) is 26.3 Å². The molecule has 0 fully saturated rings. The molecule has 0 saturated carbocycles. The number of carbonyl (C=O) groups is 1. The predicted octanol–water partition coefficient (Wildman–Crippen LogP) is 4.31. The third-order valence-electron chi connectivity index (χ3n) is 2.31. The standard InChI is InChI=1S/C15H17ClO2/c1-5-6-13(18-14(17)15(2,3)4)11-7-9-12(16)10-8-11/h6-10,13H,1H2,2-4H3. The van der Waals surface area contributed by atoms with E-state index >= 15 is 0 Å². The molecular formula is C15H17ClO2. The maximum atomic E-state index is 11.9. The first kappa shape index (κ1) is 14.6. The fourth-order valence-electron chi connectivity index (χ4n) is 1.25. The summed E-state index contributed by atoms with van der Waals surface area (Å²) in [5, 5.41) is 0.641. The van der Waals surface area contributed by atoms with Crippen molar-refractivity contribution in [3.8, 4) is 0 Å². The van der Waals surface area contributed by atoms with Gasteiger partial charge in [0.15, 0.2) is 6.10 Å². The van der Waals surface area contributed by atoms with E-state index in [1.807, 2.05) is 32.9 Å². The Kier molecular flexibility index (Phi) is 4.77. The second-order valence-electron chi connectivity index (χ2n) is 5.00. The molecule has 0 N–H and O–H groups in total. The van der Waals surface area contributed by atoms with Gasteiger partial charge in [0.05, 0.1) is 5.41 Å². The lowest BCUT2D eigenvalue weighted by molar-refractivity contribution is -0.156. The first-order chi connectivity index (χ1) is 8.34. The van der Waals surface area contributed by atoms with Crippen LogP contribution in [-0.2, 0) is 9.53 Å². The fraction of sp³-hybridized carbons (Fsp3) is 0.333. The van der Waals surface area contributed by atoms with Gasteiger partial charge in [0.2, 0.25) is 0 Å². The Labute approximate surface area is 113 Å². The molecule has 3 heteroatoms. The van der Waals surface area contributed by atoms with E-state index in [4.69, 9.17) is 16.3 Å². The monoisotopic (exact) mass is 264 g/mol. The van der Waals surface area contributed by atoms with Crippen LogP contribution < -0.4 is 0 Å². The molecule has 18 heavy (non-hydrogen) atoms. The van der Waals surface area contributed by atoms with Gasteiger partial charge in [-0.05, 0) is 38.5 Å². The van der Waals surface area contributed by atoms with Crippen LogP contribution in [0.2, 0.25) is 5.02 Å². The summed E-state index contributed by atoms with van der Waals surface area (Å²) in [7, 11) is 0. The number of esters is 1. The summed E-state index contributed by atoms with van der Waals surface area (Å²) in [6.07, 6.45) is 1.14. The quantitative estimate of drug-likeness (QED) is 0.601. The molecule has 0 aromatic heterocycles. The summed E-state index contributed by atoms with van der Waals surface area (Å²) >= 11 is 5.83. The van der Waals surface area contributed by atoms with Crippen molar-refractivity contribution in [2.45, 2.75) is 26.9 Å². The van der Waals surface area contributed by atoms with Crippen LogP contribution in [0, 0.1) is 5.41 Å². The van der Waals surface area contributed by atoms with E-state index in [1.54, 1.807) is 18.2 Å². The molecule has 0 heterocycles. The first-order valence-electron chi connectivity index (χ1n) is 5.67. The lowest BCUT2D eigenvalue weighted by Gasteiger charge is -2.21. The molecule has 0 bridgehead atoms. The maximum Gasteiger partial charge on any atom is 0.312 e. The Hall–Kier alpha value is -1.50. The Morgan fingerprint density at radius 2 is 1.94 bits per heavy atom. The van der Waals surface area contributed by atoms with Gasteiger partial charge in [-0.1, -0.05) is 30.3 Å². The molecule has 1 aromatic carbocycles. The average Bonchev–Trinajstić information content (AvgIpc) is 2.28. The molecule has 1 rings (SSSR count). The summed E-state index contributed by atoms with van der Waals surface area (Å²) in [5.74, 6) is -0.269. The fourth-order valence-corrected chi connectivity index (χ4v) is 1.38. The van der Waals surface area contributed by atoms with Crippen LogP contribution in [0.3, 0.4) is 0 Å². The number of carbonyl (C=O) groups excluding carboxylic acids is 1. The minimum atomic E-state index is -0.542. The minimum Gasteiger partial charge on any atom is -0.452 e. The third kappa shape index (κ3) is 4.06. The van der Waals surface area contributed by atoms with Crippen molar-refractivity contribution in [2.24, 2.45) is 5.41 Å². The zero-order valence-electron chi connectivity index (χ0n) is 10.9. The molecule has 0 aliphatic rings. The van der Waals surface area contributed by atoms with Crippen LogP contribution in [0.25, 0.3) is 0 Å². The molecule has 1 aromatic rings. The smallest absolute Gasteiger partial charge is 0.312 e. The molecule has 96 valence electrons. The van der Waals surface area contributed by atoms with Crippen LogP contribution in [0.4, 0.5) is 0 Å². The molecule has 0 aliphatic carbocycles. The van der Waals surface area contributed by atoms with E-state index in [-0.39, 0.29) is 5.97 Å². The van der Waals surface area contributed by atoms with Crippen LogP contribution in [0.15, 0.2) is 42.7 Å². The summed E-state index contributed by atoms with van der Waals surface area (Å²) in [6.45, 7) is 8.95. The number of hydrogen-bond donors (Lipinski definition) is 0. The lowest BCUT2D eigenvalue weighted by atomic mass is 9.97. The van der Waals surface area contributed by atoms with Crippen molar-refractivity contribution in [2.75, 3.05) is 0 Å². The highest BCUT2D eigenvalue weighted by Gasteiger charge is 2.26. The molecule has 0 radical (unpaired) electrons. The van der Waals surface area contributed by atoms with E-state index < -0.39 is 11.5 Å². The van der Waals surface area contributed by atoms with Crippen molar-refractivity contribution in [1.82, 2.24) is 0 Å². The van der Waals surface area contributed by atoms with Crippen molar-refractivity contribution in [3.05, 3.63) is 53.2 Å². The number of hydrogen-bond acceptors (Lipinski definition) is 2. The minimum absolute atomic E-state index is 0.269. The van der Waals surface area contributed by atoms with Crippen LogP contribution >= 0.6 is 11.6 Å². The van der Waals surface area contributed by atoms with E-state index in [1.165, 1.54) is 0 Å². The lowest BCUT2D eigenvalue weighted by Crippen LogP contribution is -2.24. The Bertz CT molecular complexity index is 462. The highest BCUT2D eigenvalue weighted by atomic mass is 35.5. The Balaban J connectivity index is 2.94. The molecule has 0 spiro atoms. The Morgan fingerprint density at radius 3 is 2.39 bits per heavy atom. The van der Waals surface area contributed by atoms with Crippen LogP contribution in [-0.4, -0.2) is 5.97 Å². The average molecular weight is 265 g/mol. The van der Waals surface area contributed by atoms with E-state index in [0.29, 0.717) is 5.02 Å². The normalized spacial score (nSPS) is 12.4. The number of ether oxygens (including phenoxy) is 1. The summed E-state index contributed by atoms with van der Waals surface area (Å²) < 4.78 is 5.44. The van der Waals surface area contributed by atoms with Gasteiger partial charge < -0.3 is 4.74 Å². The largest absolute Gasteiger partial charge is 0.452 e. The molecular weight excluding hydrogens is 248 g/mol. The van der Waals surface area contributed by atoms with Crippen molar-refractivity contribution in [1.29, 1.82) is 0 Å². The first-order valence-corrected chi connectivity index (χ1v) is 6.05. The highest BCUT2D eigenvalue weighted by Crippen LogP contribution is 2.25. The van der Waals surface area contributed by atoms with Gasteiger partial charge in [0.1, 0.15) is 0 Å². The second kappa shape index (κ2) is 5.90. The van der Waals surface area contributed by atoms with E-state index in [9.17, 15) is 4.79 Å². The van der Waals surface area contributed by atoms with Gasteiger partial charge in [-0.2, -0.15) is 0 Å². The molecule has 0 amide bonds. The number of rotatable bonds is 3. The zero-order valence-corrected chi connectivity index (χ0v) is 11.6. The highest BCUT2D eigenvalue weighted by molar-refractivity contribution is 6.30. The molecule has 2 nitrogen and oxygen atoms in total. The zero-order chi connectivity index (χ0) is 13.8. The van der Waals surface area contributed by atoms with Crippen LogP contribution in [0.1, 0.15) is 32.4 Å². The van der Waals surface area contributed by atoms with E-state index in [0.717, 1.165) is 5.56 Å². The molecule has 0 aliphatic heterocycles. The Morgan fingerprint density at radius 1 is 1.39 bits per heavy atom.